The summed E-state index contributed by atoms with van der Waals surface area (Å²) in [6.45, 7) is 1.79. The number of sulfonamides is 1. The van der Waals surface area contributed by atoms with Crippen molar-refractivity contribution in [2.75, 3.05) is 25.2 Å². The summed E-state index contributed by atoms with van der Waals surface area (Å²) in [7, 11) is -0.367. The van der Waals surface area contributed by atoms with Crippen molar-refractivity contribution in [1.29, 1.82) is 5.41 Å². The zero-order chi connectivity index (χ0) is 18.9. The van der Waals surface area contributed by atoms with Crippen LogP contribution in [0.5, 0.6) is 0 Å². The highest BCUT2D eigenvalue weighted by atomic mass is 32.2. The molecule has 1 aliphatic rings. The van der Waals surface area contributed by atoms with Gasteiger partial charge in [-0.15, -0.1) is 11.3 Å². The number of nitrogens with one attached hydrogen (secondary N) is 3. The number of aliphatic imine (C=N–C) groups is 1. The quantitative estimate of drug-likeness (QED) is 0.689. The van der Waals surface area contributed by atoms with Gasteiger partial charge in [0, 0.05) is 31.4 Å². The highest BCUT2D eigenvalue weighted by molar-refractivity contribution is 7.89. The Morgan fingerprint density at radius 2 is 2.27 bits per heavy atom. The van der Waals surface area contributed by atoms with Crippen LogP contribution in [0.25, 0.3) is 0 Å². The van der Waals surface area contributed by atoms with Crippen molar-refractivity contribution >= 4 is 45.0 Å². The summed E-state index contributed by atoms with van der Waals surface area (Å²) >= 11 is 1.43. The number of hydrogen-bond acceptors (Lipinski definition) is 7. The maximum absolute atomic E-state index is 12.4. The molecule has 0 saturated carbocycles. The second kappa shape index (κ2) is 6.69. The van der Waals surface area contributed by atoms with Crippen LogP contribution in [0.2, 0.25) is 0 Å². The van der Waals surface area contributed by atoms with Crippen molar-refractivity contribution < 1.29 is 8.42 Å². The maximum atomic E-state index is 12.4. The average molecular weight is 393 g/mol. The van der Waals surface area contributed by atoms with Gasteiger partial charge in [0.05, 0.1) is 21.9 Å². The minimum atomic E-state index is -3.54. The molecule has 26 heavy (non-hydrogen) atoms. The first-order chi connectivity index (χ1) is 12.2. The third kappa shape index (κ3) is 3.42. The molecule has 10 heteroatoms. The molecule has 0 amide bonds. The average Bonchev–Trinajstić information content (AvgIpc) is 3.02. The lowest BCUT2D eigenvalue weighted by atomic mass is 10.0. The monoisotopic (exact) mass is 392 g/mol. The Kier molecular flexibility index (Phi) is 4.72. The van der Waals surface area contributed by atoms with Gasteiger partial charge in [0.2, 0.25) is 16.0 Å². The van der Waals surface area contributed by atoms with E-state index in [-0.39, 0.29) is 11.7 Å². The SMILES string of the molecule is CNc1cc([C@]2(C)CS(=O)(=O)N(C)C(=N)N2)sc1/C=N/c1ccccn1. The molecule has 1 aliphatic heterocycles. The summed E-state index contributed by atoms with van der Waals surface area (Å²) in [5.41, 5.74) is -0.0361. The van der Waals surface area contributed by atoms with Gasteiger partial charge < -0.3 is 10.6 Å². The third-order valence-corrected chi connectivity index (χ3v) is 7.43. The molecule has 1 atom stereocenters. The molecular formula is C16H20N6O2S2. The number of aromatic nitrogens is 1. The molecule has 1 saturated heterocycles. The lowest BCUT2D eigenvalue weighted by Crippen LogP contribution is -2.60. The first kappa shape index (κ1) is 18.3. The van der Waals surface area contributed by atoms with E-state index in [0.29, 0.717) is 5.82 Å². The summed E-state index contributed by atoms with van der Waals surface area (Å²) < 4.78 is 25.7. The van der Waals surface area contributed by atoms with Gasteiger partial charge in [-0.05, 0) is 25.1 Å². The summed E-state index contributed by atoms with van der Waals surface area (Å²) in [5, 5.41) is 14.1. The lowest BCUT2D eigenvalue weighted by Gasteiger charge is -2.39. The molecule has 3 N–H and O–H groups in total. The molecule has 0 radical (unpaired) electrons. The van der Waals surface area contributed by atoms with Crippen molar-refractivity contribution in [3.63, 3.8) is 0 Å². The molecule has 0 spiro atoms. The lowest BCUT2D eigenvalue weighted by molar-refractivity contribution is 0.424. The Hall–Kier alpha value is -2.46. The highest BCUT2D eigenvalue weighted by Crippen LogP contribution is 2.36. The Morgan fingerprint density at radius 3 is 2.88 bits per heavy atom. The molecule has 2 aromatic heterocycles. The smallest absolute Gasteiger partial charge is 0.239 e. The van der Waals surface area contributed by atoms with E-state index >= 15 is 0 Å². The molecule has 3 rings (SSSR count). The van der Waals surface area contributed by atoms with E-state index in [4.69, 9.17) is 5.41 Å². The van der Waals surface area contributed by atoms with Gasteiger partial charge in [-0.25, -0.2) is 22.7 Å². The molecule has 0 bridgehead atoms. The minimum Gasteiger partial charge on any atom is -0.387 e. The molecule has 0 aliphatic carbocycles. The Bertz CT molecular complexity index is 954. The Balaban J connectivity index is 1.96. The number of pyridine rings is 1. The number of guanidine groups is 1. The van der Waals surface area contributed by atoms with Gasteiger partial charge in [0.1, 0.15) is 0 Å². The van der Waals surface area contributed by atoms with Crippen LogP contribution in [-0.4, -0.2) is 49.7 Å². The molecule has 138 valence electrons. The Morgan fingerprint density at radius 1 is 1.50 bits per heavy atom. The van der Waals surface area contributed by atoms with Crippen LogP contribution in [0, 0.1) is 5.41 Å². The van der Waals surface area contributed by atoms with E-state index in [1.807, 2.05) is 18.2 Å². The summed E-state index contributed by atoms with van der Waals surface area (Å²) in [6, 6.07) is 7.38. The number of rotatable bonds is 4. The van der Waals surface area contributed by atoms with Crippen molar-refractivity contribution in [3.05, 3.63) is 40.2 Å². The number of hydrogen-bond donors (Lipinski definition) is 3. The van der Waals surface area contributed by atoms with Crippen molar-refractivity contribution in [3.8, 4) is 0 Å². The fourth-order valence-electron chi connectivity index (χ4n) is 2.63. The maximum Gasteiger partial charge on any atom is 0.239 e. The predicted octanol–water partition coefficient (Wildman–Crippen LogP) is 1.95. The van der Waals surface area contributed by atoms with Gasteiger partial charge in [-0.1, -0.05) is 6.07 Å². The van der Waals surface area contributed by atoms with Crippen LogP contribution >= 0.6 is 11.3 Å². The van der Waals surface area contributed by atoms with Gasteiger partial charge in [-0.2, -0.15) is 0 Å². The van der Waals surface area contributed by atoms with E-state index in [1.54, 1.807) is 32.4 Å². The molecular weight excluding hydrogens is 372 g/mol. The molecule has 8 nitrogen and oxygen atoms in total. The first-order valence-electron chi connectivity index (χ1n) is 7.86. The number of nitrogens with zero attached hydrogens (tertiary/aromatic N) is 3. The van der Waals surface area contributed by atoms with Gasteiger partial charge in [0.15, 0.2) is 5.82 Å². The van der Waals surface area contributed by atoms with E-state index in [2.05, 4.69) is 20.6 Å². The summed E-state index contributed by atoms with van der Waals surface area (Å²) in [5.74, 6) is 0.332. The van der Waals surface area contributed by atoms with E-state index in [0.717, 1.165) is 19.7 Å². The van der Waals surface area contributed by atoms with Crippen LogP contribution in [0.15, 0.2) is 35.5 Å². The Labute approximate surface area is 156 Å². The second-order valence-electron chi connectivity index (χ2n) is 6.11. The highest BCUT2D eigenvalue weighted by Gasteiger charge is 2.43. The number of anilines is 1. The number of thiophene rings is 1. The molecule has 1 fully saturated rings. The van der Waals surface area contributed by atoms with Crippen LogP contribution in [0.4, 0.5) is 11.5 Å². The van der Waals surface area contributed by atoms with Crippen LogP contribution in [-0.2, 0) is 15.6 Å². The standard InChI is InChI=1S/C16H20N6O2S2/c1-16(10-26(23,24)22(3)15(17)21-16)13-8-11(18-2)12(25-13)9-20-14-6-4-5-7-19-14/h4-9,18H,10H2,1-3H3,(H2,17,21)/b20-9+/t16-/m0/s1. The second-order valence-corrected chi connectivity index (χ2v) is 9.20. The minimum absolute atomic E-state index is 0.126. The fraction of sp³-hybridized carbons (Fsp3) is 0.312. The van der Waals surface area contributed by atoms with Gasteiger partial charge in [0.25, 0.3) is 0 Å². The van der Waals surface area contributed by atoms with Crippen molar-refractivity contribution in [2.45, 2.75) is 12.5 Å². The zero-order valence-electron chi connectivity index (χ0n) is 14.6. The van der Waals surface area contributed by atoms with Gasteiger partial charge in [-0.3, -0.25) is 5.41 Å². The summed E-state index contributed by atoms with van der Waals surface area (Å²) in [4.78, 5) is 10.2. The van der Waals surface area contributed by atoms with Gasteiger partial charge >= 0.3 is 0 Å². The van der Waals surface area contributed by atoms with E-state index in [1.165, 1.54) is 18.4 Å². The van der Waals surface area contributed by atoms with Crippen LogP contribution in [0.1, 0.15) is 16.7 Å². The van der Waals surface area contributed by atoms with E-state index < -0.39 is 15.6 Å². The molecule has 0 aromatic carbocycles. The van der Waals surface area contributed by atoms with Crippen molar-refractivity contribution in [1.82, 2.24) is 14.6 Å². The first-order valence-corrected chi connectivity index (χ1v) is 10.3. The zero-order valence-corrected chi connectivity index (χ0v) is 16.3. The molecule has 2 aromatic rings. The fourth-order valence-corrected chi connectivity index (χ4v) is 5.34. The van der Waals surface area contributed by atoms with Crippen LogP contribution in [0.3, 0.4) is 0 Å². The third-order valence-electron chi connectivity index (χ3n) is 4.13. The van der Waals surface area contributed by atoms with Crippen LogP contribution < -0.4 is 10.6 Å². The topological polar surface area (TPSA) is 111 Å². The van der Waals surface area contributed by atoms with Crippen molar-refractivity contribution in [2.24, 2.45) is 4.99 Å². The largest absolute Gasteiger partial charge is 0.387 e. The molecule has 0 unspecified atom stereocenters. The predicted molar refractivity (Wildman–Crippen MR) is 105 cm³/mol. The van der Waals surface area contributed by atoms with E-state index in [9.17, 15) is 8.42 Å². The summed E-state index contributed by atoms with van der Waals surface area (Å²) in [6.07, 6.45) is 3.38. The normalized spacial score (nSPS) is 22.4. The molecule has 3 heterocycles.